The molecule has 0 radical (unpaired) electrons. The highest BCUT2D eigenvalue weighted by molar-refractivity contribution is 5.79. The van der Waals surface area contributed by atoms with Crippen molar-refractivity contribution in [3.63, 3.8) is 0 Å². The maximum absolute atomic E-state index is 12.8. The lowest BCUT2D eigenvalue weighted by molar-refractivity contribution is -0.170. The molecule has 0 saturated heterocycles. The van der Waals surface area contributed by atoms with Crippen molar-refractivity contribution in [1.29, 1.82) is 0 Å². The standard InChI is InChI=1S/C29H32N2O7/c1-28(2,3)38-26(32)29(4,5)37-19-10-11-21-18(14-19)12-13-31-22(21)15-25(30-27(31)33)35-17-20-16-34-23-8-6-7-9-24(23)36-20/h6-11,14-15,20H,12-13,16-17H2,1-5H3. The van der Waals surface area contributed by atoms with Crippen LogP contribution in [0.1, 0.15) is 40.2 Å². The number of aryl methyl sites for hydroxylation is 1. The fourth-order valence-corrected chi connectivity index (χ4v) is 4.38. The van der Waals surface area contributed by atoms with Gasteiger partial charge in [-0.3, -0.25) is 4.57 Å². The minimum Gasteiger partial charge on any atom is -0.486 e. The van der Waals surface area contributed by atoms with Crippen LogP contribution in [0.2, 0.25) is 0 Å². The van der Waals surface area contributed by atoms with Crippen LogP contribution in [0.25, 0.3) is 11.3 Å². The van der Waals surface area contributed by atoms with Crippen LogP contribution in [0.15, 0.2) is 53.3 Å². The van der Waals surface area contributed by atoms with Crippen molar-refractivity contribution in [2.75, 3.05) is 13.2 Å². The number of nitrogens with zero attached hydrogens (tertiary/aromatic N) is 2. The number of ether oxygens (including phenoxy) is 5. The summed E-state index contributed by atoms with van der Waals surface area (Å²) >= 11 is 0. The van der Waals surface area contributed by atoms with Crippen molar-refractivity contribution < 1.29 is 28.5 Å². The Morgan fingerprint density at radius 1 is 1.08 bits per heavy atom. The SMILES string of the molecule is CC(C)(C)OC(=O)C(C)(C)Oc1ccc2c(c1)CCn1c-2cc(OCC2COc3ccccc3O2)nc1=O. The molecule has 1 atom stereocenters. The summed E-state index contributed by atoms with van der Waals surface area (Å²) < 4.78 is 30.7. The van der Waals surface area contributed by atoms with E-state index >= 15 is 0 Å². The fraction of sp³-hybridized carbons (Fsp3) is 0.414. The van der Waals surface area contributed by atoms with E-state index in [0.29, 0.717) is 42.5 Å². The molecule has 5 rings (SSSR count). The fourth-order valence-electron chi connectivity index (χ4n) is 4.38. The lowest BCUT2D eigenvalue weighted by Crippen LogP contribution is -2.43. The number of aromatic nitrogens is 2. The number of hydrogen-bond acceptors (Lipinski definition) is 8. The van der Waals surface area contributed by atoms with E-state index in [1.165, 1.54) is 0 Å². The number of esters is 1. The van der Waals surface area contributed by atoms with E-state index in [2.05, 4.69) is 4.98 Å². The monoisotopic (exact) mass is 520 g/mol. The molecule has 1 aromatic heterocycles. The average molecular weight is 521 g/mol. The molecule has 9 heteroatoms. The van der Waals surface area contributed by atoms with E-state index in [4.69, 9.17) is 23.7 Å². The van der Waals surface area contributed by atoms with E-state index in [1.807, 2.05) is 57.2 Å². The van der Waals surface area contributed by atoms with Crippen LogP contribution in [-0.4, -0.2) is 46.0 Å². The van der Waals surface area contributed by atoms with Gasteiger partial charge in [-0.2, -0.15) is 4.98 Å². The third-order valence-electron chi connectivity index (χ3n) is 6.19. The molecule has 2 aromatic carbocycles. The van der Waals surface area contributed by atoms with Gasteiger partial charge in [-0.15, -0.1) is 0 Å². The Bertz CT molecular complexity index is 1420. The molecule has 3 heterocycles. The molecule has 38 heavy (non-hydrogen) atoms. The predicted octanol–water partition coefficient (Wildman–Crippen LogP) is 4.18. The highest BCUT2D eigenvalue weighted by Crippen LogP contribution is 2.34. The number of rotatable bonds is 6. The summed E-state index contributed by atoms with van der Waals surface area (Å²) in [5, 5.41) is 0. The highest BCUT2D eigenvalue weighted by Gasteiger charge is 2.35. The normalized spacial score (nSPS) is 16.2. The van der Waals surface area contributed by atoms with E-state index < -0.39 is 17.2 Å². The van der Waals surface area contributed by atoms with Gasteiger partial charge in [-0.1, -0.05) is 12.1 Å². The van der Waals surface area contributed by atoms with Gasteiger partial charge in [0.15, 0.2) is 23.2 Å². The summed E-state index contributed by atoms with van der Waals surface area (Å²) in [5.41, 5.74) is 0.445. The van der Waals surface area contributed by atoms with Crippen molar-refractivity contribution in [1.82, 2.24) is 9.55 Å². The lowest BCUT2D eigenvalue weighted by Gasteiger charge is -2.30. The quantitative estimate of drug-likeness (QED) is 0.447. The van der Waals surface area contributed by atoms with Crippen LogP contribution in [-0.2, 0) is 22.5 Å². The largest absolute Gasteiger partial charge is 0.486 e. The molecule has 0 spiro atoms. The summed E-state index contributed by atoms with van der Waals surface area (Å²) in [6.45, 7) is 9.83. The Morgan fingerprint density at radius 3 is 2.61 bits per heavy atom. The van der Waals surface area contributed by atoms with Crippen molar-refractivity contribution in [2.24, 2.45) is 0 Å². The molecule has 9 nitrogen and oxygen atoms in total. The molecule has 0 aliphatic carbocycles. The molecular formula is C29H32N2O7. The number of carbonyl (C=O) groups is 1. The molecule has 0 N–H and O–H groups in total. The van der Waals surface area contributed by atoms with Gasteiger partial charge in [0.1, 0.15) is 24.6 Å². The van der Waals surface area contributed by atoms with Gasteiger partial charge in [0.25, 0.3) is 0 Å². The Labute approximate surface area is 221 Å². The van der Waals surface area contributed by atoms with Gasteiger partial charge >= 0.3 is 11.7 Å². The number of fused-ring (bicyclic) bond motifs is 4. The molecule has 3 aromatic rings. The van der Waals surface area contributed by atoms with Crippen LogP contribution >= 0.6 is 0 Å². The first kappa shape index (κ1) is 25.6. The van der Waals surface area contributed by atoms with Crippen LogP contribution < -0.4 is 24.6 Å². The topological polar surface area (TPSA) is 98.1 Å². The minimum absolute atomic E-state index is 0.184. The summed E-state index contributed by atoms with van der Waals surface area (Å²) in [6.07, 6.45) is 0.298. The smallest absolute Gasteiger partial charge is 0.351 e. The van der Waals surface area contributed by atoms with Crippen molar-refractivity contribution >= 4 is 5.97 Å². The van der Waals surface area contributed by atoms with Crippen molar-refractivity contribution in [3.8, 4) is 34.4 Å². The molecular weight excluding hydrogens is 488 g/mol. The van der Waals surface area contributed by atoms with Crippen LogP contribution in [0.3, 0.4) is 0 Å². The van der Waals surface area contributed by atoms with Crippen LogP contribution in [0, 0.1) is 0 Å². The third-order valence-corrected chi connectivity index (χ3v) is 6.19. The second-order valence-corrected chi connectivity index (χ2v) is 10.9. The summed E-state index contributed by atoms with van der Waals surface area (Å²) in [7, 11) is 0. The minimum atomic E-state index is -1.17. The molecule has 200 valence electrons. The van der Waals surface area contributed by atoms with Crippen LogP contribution in [0.5, 0.6) is 23.1 Å². The predicted molar refractivity (Wildman–Crippen MR) is 140 cm³/mol. The second kappa shape index (κ2) is 9.70. The summed E-state index contributed by atoms with van der Waals surface area (Å²) in [5.74, 6) is 1.69. The van der Waals surface area contributed by atoms with Gasteiger partial charge in [-0.25, -0.2) is 9.59 Å². The Morgan fingerprint density at radius 2 is 1.84 bits per heavy atom. The van der Waals surface area contributed by atoms with Gasteiger partial charge in [0.05, 0.1) is 5.69 Å². The molecule has 2 aliphatic heterocycles. The van der Waals surface area contributed by atoms with E-state index in [1.54, 1.807) is 30.5 Å². The number of benzene rings is 2. The molecule has 0 fully saturated rings. The Kier molecular flexibility index (Phi) is 6.54. The molecule has 2 aliphatic rings. The average Bonchev–Trinajstić information content (AvgIpc) is 2.86. The first-order chi connectivity index (χ1) is 18.0. The number of para-hydroxylation sites is 2. The van der Waals surface area contributed by atoms with Gasteiger partial charge in [0, 0.05) is 18.2 Å². The number of carbonyl (C=O) groups excluding carboxylic acids is 1. The maximum atomic E-state index is 12.8. The van der Waals surface area contributed by atoms with Gasteiger partial charge in [0.2, 0.25) is 5.88 Å². The van der Waals surface area contributed by atoms with E-state index in [0.717, 1.165) is 11.1 Å². The van der Waals surface area contributed by atoms with E-state index in [-0.39, 0.29) is 24.3 Å². The first-order valence-corrected chi connectivity index (χ1v) is 12.7. The van der Waals surface area contributed by atoms with Gasteiger partial charge in [-0.05, 0) is 76.9 Å². The van der Waals surface area contributed by atoms with Crippen LogP contribution in [0.4, 0.5) is 0 Å². The maximum Gasteiger partial charge on any atom is 0.351 e. The second-order valence-electron chi connectivity index (χ2n) is 10.9. The lowest BCUT2D eigenvalue weighted by atomic mass is 9.97. The van der Waals surface area contributed by atoms with Gasteiger partial charge < -0.3 is 23.7 Å². The highest BCUT2D eigenvalue weighted by atomic mass is 16.6. The summed E-state index contributed by atoms with van der Waals surface area (Å²) in [6, 6.07) is 14.8. The van der Waals surface area contributed by atoms with Crippen molar-refractivity contribution in [2.45, 2.75) is 64.9 Å². The number of hydrogen-bond donors (Lipinski definition) is 0. The molecule has 1 unspecified atom stereocenters. The van der Waals surface area contributed by atoms with Crippen molar-refractivity contribution in [3.05, 3.63) is 64.6 Å². The summed E-state index contributed by atoms with van der Waals surface area (Å²) in [4.78, 5) is 29.5. The molecule has 0 bridgehead atoms. The first-order valence-electron chi connectivity index (χ1n) is 12.7. The van der Waals surface area contributed by atoms with E-state index in [9.17, 15) is 9.59 Å². The molecule has 0 saturated carbocycles. The Hall–Kier alpha value is -4.01. The molecule has 0 amide bonds. The third kappa shape index (κ3) is 5.46. The zero-order valence-corrected chi connectivity index (χ0v) is 22.3. The Balaban J connectivity index is 1.32. The zero-order valence-electron chi connectivity index (χ0n) is 22.3. The zero-order chi connectivity index (χ0) is 27.1.